The lowest BCUT2D eigenvalue weighted by Gasteiger charge is -2.09. The zero-order valence-electron chi connectivity index (χ0n) is 15.2. The molecule has 5 nitrogen and oxygen atoms in total. The van der Waals surface area contributed by atoms with Gasteiger partial charge in [-0.15, -0.1) is 0 Å². The second-order valence-corrected chi connectivity index (χ2v) is 6.15. The Bertz CT molecular complexity index is 946. The van der Waals surface area contributed by atoms with Gasteiger partial charge in [-0.25, -0.2) is 9.82 Å². The SMILES string of the molecule is Cc1cc(/C=N\NC(=O)CNc2ccccc2)c(C)n1-c1ccc(F)cc1. The molecule has 0 aliphatic carbocycles. The number of carbonyl (C=O) groups excluding carboxylic acids is 1. The van der Waals surface area contributed by atoms with Crippen LogP contribution >= 0.6 is 0 Å². The fraction of sp³-hybridized carbons (Fsp3) is 0.143. The van der Waals surface area contributed by atoms with E-state index in [0.29, 0.717) is 0 Å². The first-order chi connectivity index (χ1) is 13.0. The second kappa shape index (κ2) is 8.31. The molecule has 0 aliphatic heterocycles. The van der Waals surface area contributed by atoms with Crippen molar-refractivity contribution in [3.05, 3.63) is 83.4 Å². The quantitative estimate of drug-likeness (QED) is 0.516. The number of rotatable bonds is 6. The monoisotopic (exact) mass is 364 g/mol. The second-order valence-electron chi connectivity index (χ2n) is 6.15. The van der Waals surface area contributed by atoms with Gasteiger partial charge in [0.15, 0.2) is 0 Å². The zero-order chi connectivity index (χ0) is 19.2. The summed E-state index contributed by atoms with van der Waals surface area (Å²) in [5, 5.41) is 7.06. The molecule has 0 aliphatic rings. The molecule has 2 aromatic carbocycles. The van der Waals surface area contributed by atoms with Crippen LogP contribution < -0.4 is 10.7 Å². The number of aromatic nitrogens is 1. The van der Waals surface area contributed by atoms with Gasteiger partial charge in [-0.2, -0.15) is 5.10 Å². The third-order valence-corrected chi connectivity index (χ3v) is 4.17. The van der Waals surface area contributed by atoms with Crippen LogP contribution in [0.4, 0.5) is 10.1 Å². The summed E-state index contributed by atoms with van der Waals surface area (Å²) < 4.78 is 15.2. The molecule has 0 fully saturated rings. The van der Waals surface area contributed by atoms with Crippen molar-refractivity contribution in [2.45, 2.75) is 13.8 Å². The van der Waals surface area contributed by atoms with Crippen LogP contribution in [-0.4, -0.2) is 23.2 Å². The number of hydrazone groups is 1. The highest BCUT2D eigenvalue weighted by Gasteiger charge is 2.09. The number of hydrogen-bond donors (Lipinski definition) is 2. The summed E-state index contributed by atoms with van der Waals surface area (Å²) in [7, 11) is 0. The molecular formula is C21H21FN4O. The van der Waals surface area contributed by atoms with Crippen LogP contribution in [0.2, 0.25) is 0 Å². The van der Waals surface area contributed by atoms with E-state index >= 15 is 0 Å². The van der Waals surface area contributed by atoms with E-state index < -0.39 is 0 Å². The number of anilines is 1. The first-order valence-corrected chi connectivity index (χ1v) is 8.60. The van der Waals surface area contributed by atoms with E-state index in [-0.39, 0.29) is 18.3 Å². The van der Waals surface area contributed by atoms with Crippen molar-refractivity contribution in [2.24, 2.45) is 5.10 Å². The van der Waals surface area contributed by atoms with Crippen LogP contribution in [-0.2, 0) is 4.79 Å². The zero-order valence-corrected chi connectivity index (χ0v) is 15.2. The summed E-state index contributed by atoms with van der Waals surface area (Å²) in [5.41, 5.74) is 7.10. The summed E-state index contributed by atoms with van der Waals surface area (Å²) in [6, 6.07) is 17.8. The molecule has 3 aromatic rings. The minimum atomic E-state index is -0.269. The summed E-state index contributed by atoms with van der Waals surface area (Å²) >= 11 is 0. The maximum Gasteiger partial charge on any atom is 0.259 e. The molecule has 0 unspecified atom stereocenters. The van der Waals surface area contributed by atoms with Crippen molar-refractivity contribution in [2.75, 3.05) is 11.9 Å². The lowest BCUT2D eigenvalue weighted by molar-refractivity contribution is -0.119. The van der Waals surface area contributed by atoms with Gasteiger partial charge in [0.2, 0.25) is 0 Å². The average Bonchev–Trinajstić information content (AvgIpc) is 2.95. The summed E-state index contributed by atoms with van der Waals surface area (Å²) in [6.45, 7) is 4.06. The molecule has 0 saturated heterocycles. The highest BCUT2D eigenvalue weighted by molar-refractivity contribution is 5.85. The molecule has 1 heterocycles. The van der Waals surface area contributed by atoms with E-state index in [1.165, 1.54) is 12.1 Å². The van der Waals surface area contributed by atoms with Gasteiger partial charge in [-0.05, 0) is 56.3 Å². The van der Waals surface area contributed by atoms with Gasteiger partial charge in [0.05, 0.1) is 12.8 Å². The minimum Gasteiger partial charge on any atom is -0.376 e. The molecule has 0 atom stereocenters. The Balaban J connectivity index is 1.63. The molecular weight excluding hydrogens is 343 g/mol. The predicted molar refractivity (Wildman–Crippen MR) is 106 cm³/mol. The Morgan fingerprint density at radius 2 is 1.81 bits per heavy atom. The number of amides is 1. The fourth-order valence-corrected chi connectivity index (χ4v) is 2.86. The number of nitrogens with one attached hydrogen (secondary N) is 2. The first-order valence-electron chi connectivity index (χ1n) is 8.60. The highest BCUT2D eigenvalue weighted by Crippen LogP contribution is 2.20. The van der Waals surface area contributed by atoms with E-state index in [9.17, 15) is 9.18 Å². The number of nitrogens with zero attached hydrogens (tertiary/aromatic N) is 2. The number of aryl methyl sites for hydroxylation is 1. The van der Waals surface area contributed by atoms with Crippen LogP contribution in [0.25, 0.3) is 5.69 Å². The maximum absolute atomic E-state index is 13.1. The van der Waals surface area contributed by atoms with Gasteiger partial charge in [0.25, 0.3) is 5.91 Å². The summed E-state index contributed by atoms with van der Waals surface area (Å²) in [5.74, 6) is -0.503. The van der Waals surface area contributed by atoms with Crippen molar-refractivity contribution >= 4 is 17.8 Å². The third kappa shape index (κ3) is 4.61. The fourth-order valence-electron chi connectivity index (χ4n) is 2.86. The van der Waals surface area contributed by atoms with Crippen LogP contribution in [0.3, 0.4) is 0 Å². The lowest BCUT2D eigenvalue weighted by Crippen LogP contribution is -2.25. The number of benzene rings is 2. The first kappa shape index (κ1) is 18.4. The number of hydrogen-bond acceptors (Lipinski definition) is 3. The van der Waals surface area contributed by atoms with Gasteiger partial charge in [-0.3, -0.25) is 4.79 Å². The van der Waals surface area contributed by atoms with Gasteiger partial charge in [0.1, 0.15) is 5.82 Å². The van der Waals surface area contributed by atoms with Crippen LogP contribution in [0.1, 0.15) is 17.0 Å². The molecule has 138 valence electrons. The van der Waals surface area contributed by atoms with Crippen molar-refractivity contribution in [1.29, 1.82) is 0 Å². The lowest BCUT2D eigenvalue weighted by atomic mass is 10.2. The van der Waals surface area contributed by atoms with Crippen LogP contribution in [0.15, 0.2) is 65.8 Å². The largest absolute Gasteiger partial charge is 0.376 e. The maximum atomic E-state index is 13.1. The van der Waals surface area contributed by atoms with E-state index in [0.717, 1.165) is 28.3 Å². The number of para-hydroxylation sites is 1. The molecule has 0 saturated carbocycles. The van der Waals surface area contributed by atoms with Crippen molar-refractivity contribution < 1.29 is 9.18 Å². The van der Waals surface area contributed by atoms with Crippen LogP contribution in [0, 0.1) is 19.7 Å². The molecule has 0 radical (unpaired) electrons. The molecule has 1 aromatic heterocycles. The molecule has 0 bridgehead atoms. The van der Waals surface area contributed by atoms with Gasteiger partial charge in [-0.1, -0.05) is 18.2 Å². The predicted octanol–water partition coefficient (Wildman–Crippen LogP) is 3.80. The Morgan fingerprint density at radius 3 is 2.52 bits per heavy atom. The number of carbonyl (C=O) groups is 1. The molecule has 2 N–H and O–H groups in total. The normalized spacial score (nSPS) is 10.9. The van der Waals surface area contributed by atoms with Gasteiger partial charge in [0, 0.05) is 28.3 Å². The third-order valence-electron chi connectivity index (χ3n) is 4.17. The molecule has 6 heteroatoms. The van der Waals surface area contributed by atoms with Gasteiger partial charge >= 0.3 is 0 Å². The molecule has 0 spiro atoms. The Hall–Kier alpha value is -3.41. The van der Waals surface area contributed by atoms with Crippen molar-refractivity contribution in [1.82, 2.24) is 9.99 Å². The summed E-state index contributed by atoms with van der Waals surface area (Å²) in [4.78, 5) is 11.9. The standard InChI is InChI=1S/C21H21FN4O/c1-15-12-17(16(2)26(15)20-10-8-18(22)9-11-20)13-24-25-21(27)14-23-19-6-4-3-5-7-19/h3-13,23H,14H2,1-2H3,(H,25,27)/b24-13-. The Morgan fingerprint density at radius 1 is 1.11 bits per heavy atom. The molecule has 27 heavy (non-hydrogen) atoms. The Kier molecular flexibility index (Phi) is 5.66. The highest BCUT2D eigenvalue weighted by atomic mass is 19.1. The molecule has 1 amide bonds. The van der Waals surface area contributed by atoms with Gasteiger partial charge < -0.3 is 9.88 Å². The summed E-state index contributed by atoms with van der Waals surface area (Å²) in [6.07, 6.45) is 1.61. The van der Waals surface area contributed by atoms with E-state index in [1.54, 1.807) is 18.3 Å². The topological polar surface area (TPSA) is 58.4 Å². The van der Waals surface area contributed by atoms with E-state index in [1.807, 2.05) is 54.8 Å². The van der Waals surface area contributed by atoms with Crippen LogP contribution in [0.5, 0.6) is 0 Å². The number of halogens is 1. The van der Waals surface area contributed by atoms with E-state index in [2.05, 4.69) is 15.8 Å². The van der Waals surface area contributed by atoms with Crippen molar-refractivity contribution in [3.8, 4) is 5.69 Å². The minimum absolute atomic E-state index is 0.135. The van der Waals surface area contributed by atoms with Crippen molar-refractivity contribution in [3.63, 3.8) is 0 Å². The van der Waals surface area contributed by atoms with E-state index in [4.69, 9.17) is 0 Å². The Labute approximate surface area is 157 Å². The average molecular weight is 364 g/mol. The molecule has 3 rings (SSSR count). The smallest absolute Gasteiger partial charge is 0.259 e.